The van der Waals surface area contributed by atoms with Crippen molar-refractivity contribution in [1.29, 1.82) is 0 Å². The molecule has 0 fully saturated rings. The molecule has 0 spiro atoms. The Bertz CT molecular complexity index is 1540. The second-order valence-electron chi connectivity index (χ2n) is 8.15. The van der Waals surface area contributed by atoms with Gasteiger partial charge in [0.1, 0.15) is 16.9 Å². The molecule has 0 saturated heterocycles. The largest absolute Gasteiger partial charge is 0.462 e. The molecule has 3 heterocycles. The zero-order valence-electron chi connectivity index (χ0n) is 20.5. The summed E-state index contributed by atoms with van der Waals surface area (Å²) in [6.07, 6.45) is 2.14. The van der Waals surface area contributed by atoms with Crippen LogP contribution in [0, 0.1) is 0 Å². The number of esters is 1. The van der Waals surface area contributed by atoms with E-state index in [2.05, 4.69) is 9.98 Å². The average Bonchev–Trinajstić information content (AvgIpc) is 2.89. The Hall–Kier alpha value is -4.11. The number of hydrogen-bond donors (Lipinski definition) is 0. The third-order valence-corrected chi connectivity index (χ3v) is 5.93. The van der Waals surface area contributed by atoms with Gasteiger partial charge in [0, 0.05) is 19.9 Å². The molecule has 1 amide bonds. The van der Waals surface area contributed by atoms with Crippen LogP contribution < -0.4 is 11.0 Å². The molecular weight excluding hydrogens is 460 g/mol. The Kier molecular flexibility index (Phi) is 7.70. The van der Waals surface area contributed by atoms with E-state index in [0.717, 1.165) is 5.56 Å². The van der Waals surface area contributed by atoms with Crippen LogP contribution in [-0.2, 0) is 20.8 Å². The highest BCUT2D eigenvalue weighted by atomic mass is 16.5. The molecule has 9 heteroatoms. The first-order valence-electron chi connectivity index (χ1n) is 11.8. The van der Waals surface area contributed by atoms with Crippen molar-refractivity contribution in [3.8, 4) is 0 Å². The van der Waals surface area contributed by atoms with E-state index in [1.165, 1.54) is 10.5 Å². The molecule has 0 aliphatic carbocycles. The van der Waals surface area contributed by atoms with Crippen molar-refractivity contribution < 1.29 is 19.1 Å². The van der Waals surface area contributed by atoms with Crippen molar-refractivity contribution in [1.82, 2.24) is 14.0 Å². The van der Waals surface area contributed by atoms with Gasteiger partial charge in [-0.05, 0) is 37.1 Å². The number of methoxy groups -OCH3 is 1. The lowest BCUT2D eigenvalue weighted by molar-refractivity contribution is -0.119. The number of pyridine rings is 2. The average molecular weight is 489 g/mol. The summed E-state index contributed by atoms with van der Waals surface area (Å²) in [6.45, 7) is 4.18. The maximum Gasteiger partial charge on any atom is 0.341 e. The van der Waals surface area contributed by atoms with E-state index in [9.17, 15) is 14.4 Å². The quantitative estimate of drug-likeness (QED) is 0.279. The maximum atomic E-state index is 13.5. The molecular formula is C27H28N4O5. The van der Waals surface area contributed by atoms with Gasteiger partial charge in [-0.1, -0.05) is 43.3 Å². The molecule has 4 rings (SSSR count). The number of amides is 1. The number of benzene rings is 1. The van der Waals surface area contributed by atoms with Crippen LogP contribution in [0.4, 0.5) is 0 Å². The van der Waals surface area contributed by atoms with Crippen molar-refractivity contribution in [3.63, 3.8) is 0 Å². The lowest BCUT2D eigenvalue weighted by Gasteiger charge is -2.16. The lowest BCUT2D eigenvalue weighted by Crippen LogP contribution is -2.34. The van der Waals surface area contributed by atoms with E-state index in [1.54, 1.807) is 43.0 Å². The second kappa shape index (κ2) is 11.1. The summed E-state index contributed by atoms with van der Waals surface area (Å²) >= 11 is 0. The number of carbonyl (C=O) groups excluding carboxylic acids is 2. The predicted molar refractivity (Wildman–Crippen MR) is 135 cm³/mol. The summed E-state index contributed by atoms with van der Waals surface area (Å²) in [5.41, 5.74) is 1.32. The van der Waals surface area contributed by atoms with E-state index >= 15 is 0 Å². The normalized spacial score (nSPS) is 12.7. The Morgan fingerprint density at radius 3 is 2.53 bits per heavy atom. The van der Waals surface area contributed by atoms with Gasteiger partial charge in [0.15, 0.2) is 5.49 Å². The van der Waals surface area contributed by atoms with Gasteiger partial charge in [0.25, 0.3) is 11.5 Å². The minimum absolute atomic E-state index is 0.0199. The number of carbonyl (C=O) groups is 2. The first-order valence-corrected chi connectivity index (χ1v) is 11.8. The van der Waals surface area contributed by atoms with Crippen LogP contribution in [0.25, 0.3) is 16.7 Å². The zero-order valence-corrected chi connectivity index (χ0v) is 20.5. The first kappa shape index (κ1) is 25.0. The number of fused-ring (bicyclic) bond motifs is 2. The molecule has 3 aromatic heterocycles. The second-order valence-corrected chi connectivity index (χ2v) is 8.15. The van der Waals surface area contributed by atoms with Gasteiger partial charge in [0.2, 0.25) is 0 Å². The van der Waals surface area contributed by atoms with Crippen molar-refractivity contribution in [2.24, 2.45) is 4.99 Å². The van der Waals surface area contributed by atoms with Crippen LogP contribution >= 0.6 is 0 Å². The van der Waals surface area contributed by atoms with Gasteiger partial charge in [-0.15, -0.1) is 0 Å². The lowest BCUT2D eigenvalue weighted by atomic mass is 9.96. The minimum Gasteiger partial charge on any atom is -0.462 e. The predicted octanol–water partition coefficient (Wildman–Crippen LogP) is 3.09. The van der Waals surface area contributed by atoms with Crippen molar-refractivity contribution >= 4 is 28.6 Å². The Morgan fingerprint density at radius 1 is 1.08 bits per heavy atom. The Morgan fingerprint density at radius 2 is 1.83 bits per heavy atom. The topological polar surface area (TPSA) is 104 Å². The van der Waals surface area contributed by atoms with Gasteiger partial charge in [0.05, 0.1) is 24.5 Å². The third-order valence-electron chi connectivity index (χ3n) is 5.93. The number of aromatic nitrogens is 3. The highest BCUT2D eigenvalue weighted by Gasteiger charge is 2.23. The summed E-state index contributed by atoms with van der Waals surface area (Å²) in [4.78, 5) is 49.0. The maximum absolute atomic E-state index is 13.5. The highest BCUT2D eigenvalue weighted by Crippen LogP contribution is 2.21. The van der Waals surface area contributed by atoms with Crippen molar-refractivity contribution in [2.75, 3.05) is 20.3 Å². The van der Waals surface area contributed by atoms with Gasteiger partial charge in [-0.2, -0.15) is 4.99 Å². The Balaban J connectivity index is 2.07. The van der Waals surface area contributed by atoms with Crippen LogP contribution in [0.2, 0.25) is 0 Å². The highest BCUT2D eigenvalue weighted by molar-refractivity contribution is 5.94. The van der Waals surface area contributed by atoms with E-state index in [0.29, 0.717) is 17.7 Å². The summed E-state index contributed by atoms with van der Waals surface area (Å²) < 4.78 is 13.6. The van der Waals surface area contributed by atoms with Gasteiger partial charge in [-0.25, -0.2) is 9.78 Å². The molecule has 0 bridgehead atoms. The third kappa shape index (κ3) is 4.83. The summed E-state index contributed by atoms with van der Waals surface area (Å²) in [5, 5.41) is 0.208. The molecule has 1 atom stereocenters. The molecule has 0 aliphatic heterocycles. The fraction of sp³-hybridized carbons (Fsp3) is 0.296. The monoisotopic (exact) mass is 488 g/mol. The van der Waals surface area contributed by atoms with E-state index in [-0.39, 0.29) is 41.8 Å². The molecule has 1 aromatic carbocycles. The number of nitrogens with zero attached hydrogens (tertiary/aromatic N) is 4. The van der Waals surface area contributed by atoms with Gasteiger partial charge < -0.3 is 14.0 Å². The number of ether oxygens (including phenoxy) is 2. The number of hydrogen-bond acceptors (Lipinski definition) is 6. The van der Waals surface area contributed by atoms with E-state index in [1.807, 2.05) is 37.3 Å². The molecule has 0 saturated carbocycles. The summed E-state index contributed by atoms with van der Waals surface area (Å²) in [6, 6.07) is 16.0. The molecule has 0 unspecified atom stereocenters. The van der Waals surface area contributed by atoms with Gasteiger partial charge in [-0.3, -0.25) is 14.0 Å². The fourth-order valence-corrected chi connectivity index (χ4v) is 4.17. The molecule has 4 aromatic rings. The molecule has 0 radical (unpaired) electrons. The minimum atomic E-state index is -0.678. The summed E-state index contributed by atoms with van der Waals surface area (Å²) in [5.74, 6) is -1.58. The zero-order chi connectivity index (χ0) is 25.7. The molecule has 186 valence electrons. The SMILES string of the molecule is CCOC(=O)c1cc2c(=O)n3ccccc3nc2n(CCOC)c1=NC(=O)[C@H](CC)c1ccccc1. The molecule has 0 N–H and O–H groups in total. The molecule has 0 aliphatic rings. The molecule has 36 heavy (non-hydrogen) atoms. The van der Waals surface area contributed by atoms with Crippen LogP contribution in [0.3, 0.4) is 0 Å². The van der Waals surface area contributed by atoms with Crippen LogP contribution in [-0.4, -0.2) is 46.2 Å². The van der Waals surface area contributed by atoms with Crippen molar-refractivity contribution in [2.45, 2.75) is 32.7 Å². The van der Waals surface area contributed by atoms with E-state index in [4.69, 9.17) is 9.47 Å². The van der Waals surface area contributed by atoms with Crippen molar-refractivity contribution in [3.05, 3.63) is 87.8 Å². The Labute approximate surface area is 207 Å². The van der Waals surface area contributed by atoms with Crippen LogP contribution in [0.5, 0.6) is 0 Å². The first-order chi connectivity index (χ1) is 17.5. The van der Waals surface area contributed by atoms with Gasteiger partial charge >= 0.3 is 5.97 Å². The summed E-state index contributed by atoms with van der Waals surface area (Å²) in [7, 11) is 1.54. The van der Waals surface area contributed by atoms with E-state index < -0.39 is 17.8 Å². The van der Waals surface area contributed by atoms with Crippen LogP contribution in [0.1, 0.15) is 42.1 Å². The number of rotatable bonds is 8. The fourth-order valence-electron chi connectivity index (χ4n) is 4.17. The van der Waals surface area contributed by atoms with Crippen LogP contribution in [0.15, 0.2) is 70.6 Å². The molecule has 9 nitrogen and oxygen atoms in total. The smallest absolute Gasteiger partial charge is 0.341 e. The standard InChI is InChI=1S/C27H28N4O5/c1-4-19(18-11-7-6-8-12-18)25(32)29-24-21(27(34)36-5-2)17-20-23(31(24)15-16-35-3)28-22-13-9-10-14-30(22)26(20)33/h6-14,17,19H,4-5,15-16H2,1-3H3/t19-/m1/s1.